The van der Waals surface area contributed by atoms with Crippen LogP contribution in [0.3, 0.4) is 0 Å². The summed E-state index contributed by atoms with van der Waals surface area (Å²) in [4.78, 5) is 0. The third-order valence-corrected chi connectivity index (χ3v) is 4.02. The van der Waals surface area contributed by atoms with Crippen LogP contribution in [-0.4, -0.2) is 13.1 Å². The molecule has 0 radical (unpaired) electrons. The van der Waals surface area contributed by atoms with Gasteiger partial charge in [-0.15, -0.1) is 0 Å². The largest absolute Gasteiger partial charge is 0.317 e. The minimum Gasteiger partial charge on any atom is -0.317 e. The van der Waals surface area contributed by atoms with Gasteiger partial charge < -0.3 is 5.32 Å². The topological polar surface area (TPSA) is 12.0 Å². The summed E-state index contributed by atoms with van der Waals surface area (Å²) in [7, 11) is 1.95. The van der Waals surface area contributed by atoms with E-state index in [0.29, 0.717) is 23.0 Å². The van der Waals surface area contributed by atoms with Gasteiger partial charge in [-0.05, 0) is 43.7 Å². The van der Waals surface area contributed by atoms with Crippen LogP contribution < -0.4 is 5.32 Å². The predicted octanol–water partition coefficient (Wildman–Crippen LogP) is 5.36. The average Bonchev–Trinajstić information content (AvgIpc) is 2.45. The SMILES string of the molecule is CCCCCCCCC(Cc1cc(Cl)ccc1F)NC. The Morgan fingerprint density at radius 2 is 1.85 bits per heavy atom. The molecule has 0 fully saturated rings. The first kappa shape index (κ1) is 17.5. The number of hydrogen-bond acceptors (Lipinski definition) is 1. The van der Waals surface area contributed by atoms with Crippen molar-refractivity contribution in [2.75, 3.05) is 7.05 Å². The standard InChI is InChI=1S/C17H27ClFN/c1-3-4-5-6-7-8-9-16(20-2)13-14-12-15(18)10-11-17(14)19/h10-12,16,20H,3-9,13H2,1-2H3. The molecule has 0 bridgehead atoms. The molecule has 0 heterocycles. The van der Waals surface area contributed by atoms with Crippen molar-refractivity contribution in [3.8, 4) is 0 Å². The minimum atomic E-state index is -0.155. The molecule has 0 aliphatic heterocycles. The molecule has 1 nitrogen and oxygen atoms in total. The number of likely N-dealkylation sites (N-methyl/N-ethyl adjacent to an activating group) is 1. The zero-order valence-corrected chi connectivity index (χ0v) is 13.5. The number of rotatable bonds is 10. The lowest BCUT2D eigenvalue weighted by molar-refractivity contribution is 0.471. The molecule has 0 aliphatic carbocycles. The molecule has 114 valence electrons. The van der Waals surface area contributed by atoms with Crippen LogP contribution in [0.5, 0.6) is 0 Å². The van der Waals surface area contributed by atoms with Crippen molar-refractivity contribution in [2.24, 2.45) is 0 Å². The van der Waals surface area contributed by atoms with Gasteiger partial charge in [0.25, 0.3) is 0 Å². The maximum absolute atomic E-state index is 13.7. The average molecular weight is 300 g/mol. The molecule has 0 spiro atoms. The minimum absolute atomic E-state index is 0.155. The van der Waals surface area contributed by atoms with Crippen LogP contribution in [0.2, 0.25) is 5.02 Å². The highest BCUT2D eigenvalue weighted by Crippen LogP contribution is 2.18. The van der Waals surface area contributed by atoms with E-state index in [4.69, 9.17) is 11.6 Å². The summed E-state index contributed by atoms with van der Waals surface area (Å²) >= 11 is 5.93. The fourth-order valence-corrected chi connectivity index (χ4v) is 2.68. The molecule has 1 atom stereocenters. The molecule has 1 N–H and O–H groups in total. The zero-order chi connectivity index (χ0) is 14.8. The molecule has 1 rings (SSSR count). The Bertz CT molecular complexity index is 381. The second-order valence-electron chi connectivity index (χ2n) is 5.48. The Morgan fingerprint density at radius 1 is 1.15 bits per heavy atom. The maximum Gasteiger partial charge on any atom is 0.126 e. The first-order chi connectivity index (χ1) is 9.67. The third-order valence-electron chi connectivity index (χ3n) is 3.79. The monoisotopic (exact) mass is 299 g/mol. The molecule has 20 heavy (non-hydrogen) atoms. The summed E-state index contributed by atoms with van der Waals surface area (Å²) in [5.74, 6) is -0.155. The fraction of sp³-hybridized carbons (Fsp3) is 0.647. The second-order valence-corrected chi connectivity index (χ2v) is 5.92. The summed E-state index contributed by atoms with van der Waals surface area (Å²) in [6.45, 7) is 2.23. The fourth-order valence-electron chi connectivity index (χ4n) is 2.48. The van der Waals surface area contributed by atoms with Crippen molar-refractivity contribution < 1.29 is 4.39 Å². The van der Waals surface area contributed by atoms with Gasteiger partial charge in [-0.25, -0.2) is 4.39 Å². The Morgan fingerprint density at radius 3 is 2.55 bits per heavy atom. The van der Waals surface area contributed by atoms with Crippen LogP contribution in [0, 0.1) is 5.82 Å². The van der Waals surface area contributed by atoms with Crippen LogP contribution in [0.25, 0.3) is 0 Å². The lowest BCUT2D eigenvalue weighted by atomic mass is 9.99. The van der Waals surface area contributed by atoms with Crippen molar-refractivity contribution in [3.05, 3.63) is 34.6 Å². The number of halogens is 2. The van der Waals surface area contributed by atoms with Crippen LogP contribution in [0.4, 0.5) is 4.39 Å². The summed E-state index contributed by atoms with van der Waals surface area (Å²) < 4.78 is 13.7. The molecule has 0 saturated heterocycles. The lowest BCUT2D eigenvalue weighted by Gasteiger charge is -2.16. The summed E-state index contributed by atoms with van der Waals surface area (Å²) in [5.41, 5.74) is 0.711. The van der Waals surface area contributed by atoms with Crippen molar-refractivity contribution in [1.82, 2.24) is 5.32 Å². The molecule has 0 amide bonds. The van der Waals surface area contributed by atoms with Crippen LogP contribution in [0.1, 0.15) is 57.4 Å². The highest BCUT2D eigenvalue weighted by Gasteiger charge is 2.11. The van der Waals surface area contributed by atoms with E-state index in [9.17, 15) is 4.39 Å². The summed E-state index contributed by atoms with van der Waals surface area (Å²) in [6.07, 6.45) is 9.55. The van der Waals surface area contributed by atoms with Crippen molar-refractivity contribution in [1.29, 1.82) is 0 Å². The van der Waals surface area contributed by atoms with Gasteiger partial charge in [-0.2, -0.15) is 0 Å². The Labute approximate surface area is 127 Å². The maximum atomic E-state index is 13.7. The highest BCUT2D eigenvalue weighted by atomic mass is 35.5. The molecule has 1 aromatic rings. The van der Waals surface area contributed by atoms with E-state index in [1.54, 1.807) is 12.1 Å². The van der Waals surface area contributed by atoms with E-state index < -0.39 is 0 Å². The van der Waals surface area contributed by atoms with Crippen molar-refractivity contribution >= 4 is 11.6 Å². The molecule has 3 heteroatoms. The molecule has 0 saturated carbocycles. The quantitative estimate of drug-likeness (QED) is 0.573. The summed E-state index contributed by atoms with van der Waals surface area (Å²) in [6, 6.07) is 5.12. The van der Waals surface area contributed by atoms with Crippen LogP contribution >= 0.6 is 11.6 Å². The van der Waals surface area contributed by atoms with E-state index in [0.717, 1.165) is 6.42 Å². The van der Waals surface area contributed by atoms with Gasteiger partial charge in [0.05, 0.1) is 0 Å². The Hall–Kier alpha value is -0.600. The molecular formula is C17H27ClFN. The first-order valence-electron chi connectivity index (χ1n) is 7.78. The lowest BCUT2D eigenvalue weighted by Crippen LogP contribution is -2.27. The van der Waals surface area contributed by atoms with E-state index in [2.05, 4.69) is 12.2 Å². The Balaban J connectivity index is 2.33. The van der Waals surface area contributed by atoms with E-state index in [-0.39, 0.29) is 5.82 Å². The zero-order valence-electron chi connectivity index (χ0n) is 12.7. The van der Waals surface area contributed by atoms with Gasteiger partial charge >= 0.3 is 0 Å². The van der Waals surface area contributed by atoms with Crippen LogP contribution in [0.15, 0.2) is 18.2 Å². The number of nitrogens with one attached hydrogen (secondary N) is 1. The van der Waals surface area contributed by atoms with Crippen molar-refractivity contribution in [3.63, 3.8) is 0 Å². The smallest absolute Gasteiger partial charge is 0.126 e. The molecule has 0 aromatic heterocycles. The summed E-state index contributed by atoms with van der Waals surface area (Å²) in [5, 5.41) is 3.90. The van der Waals surface area contributed by atoms with E-state index >= 15 is 0 Å². The van der Waals surface area contributed by atoms with Gasteiger partial charge in [0.2, 0.25) is 0 Å². The van der Waals surface area contributed by atoms with E-state index in [1.165, 1.54) is 44.6 Å². The third kappa shape index (κ3) is 6.71. The normalized spacial score (nSPS) is 12.6. The van der Waals surface area contributed by atoms with Gasteiger partial charge in [0, 0.05) is 11.1 Å². The highest BCUT2D eigenvalue weighted by molar-refractivity contribution is 6.30. The molecule has 1 aromatic carbocycles. The van der Waals surface area contributed by atoms with Gasteiger partial charge in [0.1, 0.15) is 5.82 Å². The Kier molecular flexibility index (Phi) is 8.88. The number of hydrogen-bond donors (Lipinski definition) is 1. The van der Waals surface area contributed by atoms with Gasteiger partial charge in [-0.3, -0.25) is 0 Å². The van der Waals surface area contributed by atoms with Crippen molar-refractivity contribution in [2.45, 2.75) is 64.3 Å². The predicted molar refractivity (Wildman–Crippen MR) is 86.0 cm³/mol. The van der Waals surface area contributed by atoms with E-state index in [1.807, 2.05) is 7.05 Å². The molecule has 0 aliphatic rings. The number of unbranched alkanes of at least 4 members (excludes halogenated alkanes) is 5. The molecule has 1 unspecified atom stereocenters. The first-order valence-corrected chi connectivity index (χ1v) is 8.16. The molecular weight excluding hydrogens is 273 g/mol. The second kappa shape index (κ2) is 10.2. The number of benzene rings is 1. The van der Waals surface area contributed by atoms with Crippen LogP contribution in [-0.2, 0) is 6.42 Å². The van der Waals surface area contributed by atoms with Gasteiger partial charge in [-0.1, -0.05) is 57.0 Å². The van der Waals surface area contributed by atoms with Gasteiger partial charge in [0.15, 0.2) is 0 Å².